The van der Waals surface area contributed by atoms with Crippen LogP contribution in [0.5, 0.6) is 0 Å². The van der Waals surface area contributed by atoms with Crippen molar-refractivity contribution in [3.8, 4) is 0 Å². The Bertz CT molecular complexity index is 521. The number of ether oxygens (including phenoxy) is 1. The second-order valence-electron chi connectivity index (χ2n) is 6.39. The first-order valence-electron chi connectivity index (χ1n) is 9.37. The maximum absolute atomic E-state index is 13.0. The Hall–Kier alpha value is -1.33. The molecule has 0 radical (unpaired) electrons. The first kappa shape index (κ1) is 19.0. The third-order valence-corrected chi connectivity index (χ3v) is 4.83. The second-order valence-corrected chi connectivity index (χ2v) is 6.39. The smallest absolute Gasteiger partial charge is 0.289 e. The van der Waals surface area contributed by atoms with Gasteiger partial charge in [0, 0.05) is 25.1 Å². The summed E-state index contributed by atoms with van der Waals surface area (Å²) in [5, 5.41) is 0. The molecule has 0 bridgehead atoms. The average Bonchev–Trinajstić information content (AvgIpc) is 3.02. The van der Waals surface area contributed by atoms with Crippen molar-refractivity contribution < 1.29 is 13.9 Å². The van der Waals surface area contributed by atoms with E-state index in [1.807, 2.05) is 11.0 Å². The van der Waals surface area contributed by atoms with Crippen LogP contribution in [-0.2, 0) is 17.7 Å². The first-order chi connectivity index (χ1) is 11.6. The van der Waals surface area contributed by atoms with E-state index >= 15 is 0 Å². The standard InChI is InChI=1S/C19H32N2O3/c1-5-9-16-14-23-11-10-21(16)19(22)18-12-15(17(6-2)24-18)13-20(7-3)8-4/h12,16H,5-11,13-14H2,1-4H3/t16-/m1/s1. The highest BCUT2D eigenvalue weighted by atomic mass is 16.5. The molecule has 1 amide bonds. The summed E-state index contributed by atoms with van der Waals surface area (Å²) in [6.07, 6.45) is 2.83. The number of rotatable bonds is 8. The molecule has 0 aromatic carbocycles. The number of amides is 1. The molecule has 0 spiro atoms. The van der Waals surface area contributed by atoms with Gasteiger partial charge in [-0.3, -0.25) is 9.69 Å². The van der Waals surface area contributed by atoms with Crippen LogP contribution in [0.2, 0.25) is 0 Å². The van der Waals surface area contributed by atoms with Crippen LogP contribution < -0.4 is 0 Å². The summed E-state index contributed by atoms with van der Waals surface area (Å²) in [4.78, 5) is 17.2. The molecule has 0 unspecified atom stereocenters. The Balaban J connectivity index is 2.17. The molecule has 0 saturated carbocycles. The zero-order chi connectivity index (χ0) is 17.5. The van der Waals surface area contributed by atoms with Gasteiger partial charge in [-0.1, -0.05) is 34.1 Å². The zero-order valence-corrected chi connectivity index (χ0v) is 15.6. The number of hydrogen-bond donors (Lipinski definition) is 0. The lowest BCUT2D eigenvalue weighted by atomic mass is 10.1. The number of carbonyl (C=O) groups excluding carboxylic acids is 1. The lowest BCUT2D eigenvalue weighted by Gasteiger charge is -2.35. The quantitative estimate of drug-likeness (QED) is 0.730. The van der Waals surface area contributed by atoms with Gasteiger partial charge in [0.05, 0.1) is 19.3 Å². The minimum Gasteiger partial charge on any atom is -0.456 e. The van der Waals surface area contributed by atoms with Gasteiger partial charge in [-0.25, -0.2) is 0 Å². The molecule has 24 heavy (non-hydrogen) atoms. The maximum Gasteiger partial charge on any atom is 0.289 e. The summed E-state index contributed by atoms with van der Waals surface area (Å²) < 4.78 is 11.5. The Morgan fingerprint density at radius 3 is 2.67 bits per heavy atom. The fourth-order valence-corrected chi connectivity index (χ4v) is 3.33. The number of furan rings is 1. The molecule has 0 aliphatic carbocycles. The third kappa shape index (κ3) is 4.39. The van der Waals surface area contributed by atoms with E-state index in [4.69, 9.17) is 9.15 Å². The van der Waals surface area contributed by atoms with E-state index in [9.17, 15) is 4.79 Å². The molecule has 1 aromatic rings. The lowest BCUT2D eigenvalue weighted by Crippen LogP contribution is -2.48. The van der Waals surface area contributed by atoms with Gasteiger partial charge in [0.15, 0.2) is 5.76 Å². The second kappa shape index (κ2) is 9.23. The van der Waals surface area contributed by atoms with Gasteiger partial charge in [0.1, 0.15) is 5.76 Å². The van der Waals surface area contributed by atoms with E-state index in [-0.39, 0.29) is 11.9 Å². The summed E-state index contributed by atoms with van der Waals surface area (Å²) in [6, 6.07) is 2.12. The Morgan fingerprint density at radius 1 is 1.29 bits per heavy atom. The van der Waals surface area contributed by atoms with Crippen molar-refractivity contribution in [3.63, 3.8) is 0 Å². The van der Waals surface area contributed by atoms with E-state index in [2.05, 4.69) is 32.6 Å². The van der Waals surface area contributed by atoms with Crippen LogP contribution in [0.15, 0.2) is 10.5 Å². The van der Waals surface area contributed by atoms with Crippen LogP contribution in [0.1, 0.15) is 62.4 Å². The molecule has 1 atom stereocenters. The van der Waals surface area contributed by atoms with Crippen LogP contribution in [0.4, 0.5) is 0 Å². The number of carbonyl (C=O) groups is 1. The highest BCUT2D eigenvalue weighted by Gasteiger charge is 2.30. The number of morpholine rings is 1. The molecule has 1 aromatic heterocycles. The van der Waals surface area contributed by atoms with Crippen molar-refractivity contribution in [3.05, 3.63) is 23.2 Å². The van der Waals surface area contributed by atoms with E-state index in [1.54, 1.807) is 0 Å². The zero-order valence-electron chi connectivity index (χ0n) is 15.6. The molecule has 136 valence electrons. The van der Waals surface area contributed by atoms with Crippen molar-refractivity contribution in [2.24, 2.45) is 0 Å². The van der Waals surface area contributed by atoms with Crippen molar-refractivity contribution in [1.82, 2.24) is 9.80 Å². The average molecular weight is 336 g/mol. The molecular weight excluding hydrogens is 304 g/mol. The molecular formula is C19H32N2O3. The highest BCUT2D eigenvalue weighted by Crippen LogP contribution is 2.22. The van der Waals surface area contributed by atoms with E-state index in [0.29, 0.717) is 25.5 Å². The van der Waals surface area contributed by atoms with E-state index in [1.165, 1.54) is 0 Å². The first-order valence-corrected chi connectivity index (χ1v) is 9.37. The largest absolute Gasteiger partial charge is 0.456 e. The van der Waals surface area contributed by atoms with Crippen molar-refractivity contribution in [2.45, 2.75) is 59.5 Å². The number of aryl methyl sites for hydroxylation is 1. The third-order valence-electron chi connectivity index (χ3n) is 4.83. The minimum absolute atomic E-state index is 0.0113. The predicted molar refractivity (Wildman–Crippen MR) is 95.3 cm³/mol. The van der Waals surface area contributed by atoms with Gasteiger partial charge in [0.25, 0.3) is 5.91 Å². The van der Waals surface area contributed by atoms with E-state index < -0.39 is 0 Å². The monoisotopic (exact) mass is 336 g/mol. The van der Waals surface area contributed by atoms with Gasteiger partial charge >= 0.3 is 0 Å². The lowest BCUT2D eigenvalue weighted by molar-refractivity contribution is -0.00592. The van der Waals surface area contributed by atoms with Gasteiger partial charge in [-0.05, 0) is 25.6 Å². The summed E-state index contributed by atoms with van der Waals surface area (Å²) in [5.41, 5.74) is 1.14. The molecule has 5 heteroatoms. The Labute approximate surface area is 145 Å². The fourth-order valence-electron chi connectivity index (χ4n) is 3.33. The maximum atomic E-state index is 13.0. The van der Waals surface area contributed by atoms with Crippen LogP contribution in [0, 0.1) is 0 Å². The molecule has 2 rings (SSSR count). The van der Waals surface area contributed by atoms with Crippen molar-refractivity contribution >= 4 is 5.91 Å². The van der Waals surface area contributed by atoms with Gasteiger partial charge in [0.2, 0.25) is 0 Å². The molecule has 1 aliphatic heterocycles. The van der Waals surface area contributed by atoms with Gasteiger partial charge in [-0.15, -0.1) is 0 Å². The SMILES string of the molecule is CCC[C@@H]1COCCN1C(=O)c1cc(CN(CC)CC)c(CC)o1. The topological polar surface area (TPSA) is 45.9 Å². The normalized spacial score (nSPS) is 18.4. The van der Waals surface area contributed by atoms with Gasteiger partial charge in [-0.2, -0.15) is 0 Å². The number of nitrogens with zero attached hydrogens (tertiary/aromatic N) is 2. The Morgan fingerprint density at radius 2 is 2.04 bits per heavy atom. The van der Waals surface area contributed by atoms with Crippen LogP contribution in [0.25, 0.3) is 0 Å². The van der Waals surface area contributed by atoms with Gasteiger partial charge < -0.3 is 14.1 Å². The van der Waals surface area contributed by atoms with E-state index in [0.717, 1.165) is 50.2 Å². The van der Waals surface area contributed by atoms with Crippen molar-refractivity contribution in [1.29, 1.82) is 0 Å². The van der Waals surface area contributed by atoms with Crippen LogP contribution in [0.3, 0.4) is 0 Å². The molecule has 0 N–H and O–H groups in total. The summed E-state index contributed by atoms with van der Waals surface area (Å²) in [6.45, 7) is 13.3. The molecule has 1 fully saturated rings. The van der Waals surface area contributed by atoms with Crippen LogP contribution >= 0.6 is 0 Å². The summed E-state index contributed by atoms with van der Waals surface area (Å²) in [5.74, 6) is 1.43. The highest BCUT2D eigenvalue weighted by molar-refractivity contribution is 5.92. The molecule has 1 saturated heterocycles. The fraction of sp³-hybridized carbons (Fsp3) is 0.737. The number of hydrogen-bond acceptors (Lipinski definition) is 4. The van der Waals surface area contributed by atoms with Crippen molar-refractivity contribution in [2.75, 3.05) is 32.8 Å². The molecule has 1 aliphatic rings. The minimum atomic E-state index is 0.0113. The molecule has 2 heterocycles. The molecule has 5 nitrogen and oxygen atoms in total. The summed E-state index contributed by atoms with van der Waals surface area (Å²) in [7, 11) is 0. The Kier molecular flexibility index (Phi) is 7.31. The van der Waals surface area contributed by atoms with Crippen LogP contribution in [-0.4, -0.2) is 54.6 Å². The predicted octanol–water partition coefficient (Wildman–Crippen LogP) is 3.32. The summed E-state index contributed by atoms with van der Waals surface area (Å²) >= 11 is 0.